The number of rotatable bonds is 3. The summed E-state index contributed by atoms with van der Waals surface area (Å²) in [4.78, 5) is 46.7. The maximum absolute atomic E-state index is 14.9. The van der Waals surface area contributed by atoms with Crippen molar-refractivity contribution in [2.75, 3.05) is 32.1 Å². The van der Waals surface area contributed by atoms with Crippen LogP contribution < -0.4 is 15.3 Å². The number of carbonyl (C=O) groups is 1. The van der Waals surface area contributed by atoms with Gasteiger partial charge in [-0.2, -0.15) is 10.1 Å². The summed E-state index contributed by atoms with van der Waals surface area (Å²) in [7, 11) is 3.22. The molecule has 0 radical (unpaired) electrons. The van der Waals surface area contributed by atoms with Gasteiger partial charge in [-0.1, -0.05) is 6.07 Å². The number of H-pyrrole nitrogens is 1. The molecule has 1 amide bonds. The van der Waals surface area contributed by atoms with E-state index in [0.29, 0.717) is 40.0 Å². The van der Waals surface area contributed by atoms with Crippen molar-refractivity contribution in [3.63, 3.8) is 0 Å². The number of hydrogen-bond acceptors (Lipinski definition) is 9. The molecule has 13 nitrogen and oxygen atoms in total. The number of aryl methyl sites for hydroxylation is 1. The monoisotopic (exact) mass is 685 g/mol. The number of aromatic amines is 1. The number of pyridine rings is 1. The molecule has 0 saturated carbocycles. The predicted molar refractivity (Wildman–Crippen MR) is 176 cm³/mol. The van der Waals surface area contributed by atoms with Crippen LogP contribution in [0.4, 0.5) is 19.0 Å². The van der Waals surface area contributed by atoms with Crippen molar-refractivity contribution in [2.45, 2.75) is 38.1 Å². The minimum absolute atomic E-state index is 0.0888. The number of hydrogen-bond donors (Lipinski definition) is 1. The van der Waals surface area contributed by atoms with E-state index in [2.05, 4.69) is 20.1 Å². The number of anilines is 1. The van der Waals surface area contributed by atoms with Gasteiger partial charge in [-0.3, -0.25) is 9.78 Å². The number of benzene rings is 2. The number of fused-ring (bicyclic) bond motifs is 6. The lowest BCUT2D eigenvalue weighted by Crippen LogP contribution is -2.47. The van der Waals surface area contributed by atoms with Crippen LogP contribution in [0.1, 0.15) is 12.2 Å². The minimum atomic E-state index is -0.883. The van der Waals surface area contributed by atoms with E-state index in [1.165, 1.54) is 24.4 Å². The van der Waals surface area contributed by atoms with Crippen LogP contribution in [0.15, 0.2) is 59.5 Å². The van der Waals surface area contributed by atoms with Gasteiger partial charge in [0, 0.05) is 50.9 Å². The van der Waals surface area contributed by atoms with Crippen molar-refractivity contribution >= 4 is 33.8 Å². The maximum Gasteiger partial charge on any atom is 0.348 e. The summed E-state index contributed by atoms with van der Waals surface area (Å²) in [5.41, 5.74) is 1.39. The third kappa shape index (κ3) is 5.31. The number of imidazole rings is 1. The first-order chi connectivity index (χ1) is 24.1. The summed E-state index contributed by atoms with van der Waals surface area (Å²) in [6, 6.07) is 10.2. The summed E-state index contributed by atoms with van der Waals surface area (Å²) < 4.78 is 58.8. The van der Waals surface area contributed by atoms with Crippen LogP contribution in [0.3, 0.4) is 0 Å². The average Bonchev–Trinajstić information content (AvgIpc) is 3.78. The molecule has 1 unspecified atom stereocenters. The number of nitrogens with zero attached hydrogens (tertiary/aromatic N) is 8. The zero-order chi connectivity index (χ0) is 34.8. The third-order valence-electron chi connectivity index (χ3n) is 9.26. The van der Waals surface area contributed by atoms with Crippen molar-refractivity contribution in [1.82, 2.24) is 39.2 Å². The number of carbonyl (C=O) groups excluding carboxylic acids is 1. The van der Waals surface area contributed by atoms with E-state index in [0.717, 1.165) is 16.8 Å². The summed E-state index contributed by atoms with van der Waals surface area (Å²) in [5.74, 6) is -1.37. The van der Waals surface area contributed by atoms with Crippen LogP contribution in [0.2, 0.25) is 0 Å². The molecule has 2 aromatic carbocycles. The molecule has 0 aliphatic carbocycles. The highest BCUT2D eigenvalue weighted by molar-refractivity contribution is 5.93. The molecular formula is C34H30F3N9O4. The first kappa shape index (κ1) is 31.5. The standard InChI is InChI=1S/C34H30F3N9O4/c1-17-39-26-11-19(36)9-22-25-5-4-6-29(40-25)50-20-12-28(33(47)43(2)14-21(49-3)16-44(17)30(22)26)45(15-20)31-23-13-38-46(32(23)42-34(48)41-31)27-8-7-18(35)10-24(27)37/h4-11,13,20-21,28H,12,14-16H2,1-3H3,(H,41,42,48)/t20-,21?,28-/m0/s1. The molecule has 1 saturated heterocycles. The van der Waals surface area contributed by atoms with Crippen LogP contribution in [-0.4, -0.2) is 90.6 Å². The second kappa shape index (κ2) is 12.0. The molecule has 1 N–H and O–H groups in total. The van der Waals surface area contributed by atoms with Crippen LogP contribution >= 0.6 is 0 Å². The number of aromatic nitrogens is 7. The fraction of sp³-hybridized carbons (Fsp3) is 0.294. The van der Waals surface area contributed by atoms with Crippen LogP contribution in [0, 0.1) is 24.4 Å². The summed E-state index contributed by atoms with van der Waals surface area (Å²) in [6.07, 6.45) is 0.525. The summed E-state index contributed by atoms with van der Waals surface area (Å²) in [6.45, 7) is 2.44. The van der Waals surface area contributed by atoms with Gasteiger partial charge in [0.15, 0.2) is 5.82 Å². The highest BCUT2D eigenvalue weighted by Crippen LogP contribution is 2.35. The smallest absolute Gasteiger partial charge is 0.348 e. The minimum Gasteiger partial charge on any atom is -0.472 e. The van der Waals surface area contributed by atoms with E-state index in [9.17, 15) is 22.8 Å². The first-order valence-corrected chi connectivity index (χ1v) is 15.9. The van der Waals surface area contributed by atoms with E-state index in [4.69, 9.17) is 14.5 Å². The van der Waals surface area contributed by atoms with Gasteiger partial charge >= 0.3 is 5.69 Å². The molecule has 4 aromatic heterocycles. The second-order valence-corrected chi connectivity index (χ2v) is 12.5. The van der Waals surface area contributed by atoms with Crippen molar-refractivity contribution < 1.29 is 27.4 Å². The molecule has 50 heavy (non-hydrogen) atoms. The van der Waals surface area contributed by atoms with E-state index in [-0.39, 0.29) is 48.4 Å². The Hall–Kier alpha value is -5.77. The van der Waals surface area contributed by atoms with Gasteiger partial charge in [-0.15, -0.1) is 0 Å². The molecule has 6 heterocycles. The topological polar surface area (TPSA) is 136 Å². The van der Waals surface area contributed by atoms with Gasteiger partial charge in [-0.25, -0.2) is 32.6 Å². The molecule has 2 aliphatic heterocycles. The highest BCUT2D eigenvalue weighted by atomic mass is 19.1. The quantitative estimate of drug-likeness (QED) is 0.296. The Balaban J connectivity index is 1.24. The van der Waals surface area contributed by atoms with Gasteiger partial charge in [0.1, 0.15) is 46.8 Å². The summed E-state index contributed by atoms with van der Waals surface area (Å²) in [5, 5.41) is 4.61. The van der Waals surface area contributed by atoms with Gasteiger partial charge < -0.3 is 23.8 Å². The molecule has 8 rings (SSSR count). The number of nitrogens with one attached hydrogen (secondary N) is 1. The van der Waals surface area contributed by atoms with E-state index in [1.807, 2.05) is 11.5 Å². The van der Waals surface area contributed by atoms with Crippen molar-refractivity contribution in [2.24, 2.45) is 0 Å². The average molecular weight is 686 g/mol. The lowest BCUT2D eigenvalue weighted by Gasteiger charge is -2.30. The Kier molecular flexibility index (Phi) is 7.54. The molecule has 2 aliphatic rings. The van der Waals surface area contributed by atoms with Crippen molar-refractivity contribution in [1.29, 1.82) is 0 Å². The largest absolute Gasteiger partial charge is 0.472 e. The lowest BCUT2D eigenvalue weighted by molar-refractivity contribution is -0.133. The van der Waals surface area contributed by atoms with Crippen LogP contribution in [0.25, 0.3) is 39.0 Å². The van der Waals surface area contributed by atoms with Crippen LogP contribution in [0.5, 0.6) is 5.88 Å². The molecule has 4 bridgehead atoms. The fourth-order valence-corrected chi connectivity index (χ4v) is 6.95. The van der Waals surface area contributed by atoms with E-state index in [1.54, 1.807) is 42.2 Å². The summed E-state index contributed by atoms with van der Waals surface area (Å²) >= 11 is 0. The lowest BCUT2D eigenvalue weighted by atomic mass is 10.1. The van der Waals surface area contributed by atoms with Gasteiger partial charge in [-0.05, 0) is 31.2 Å². The fourth-order valence-electron chi connectivity index (χ4n) is 6.95. The Morgan fingerprint density at radius 2 is 1.82 bits per heavy atom. The Morgan fingerprint density at radius 3 is 2.62 bits per heavy atom. The Bertz CT molecular complexity index is 2370. The van der Waals surface area contributed by atoms with Gasteiger partial charge in [0.2, 0.25) is 11.8 Å². The zero-order valence-corrected chi connectivity index (χ0v) is 27.1. The SMILES string of the molecule is COC1CN(C)C(=O)[C@@H]2C[C@@H](CN2c2nc(=O)[nH]c3c2cnn3-c2ccc(F)cc2F)Oc2cccc(n2)-c2cc(F)cc3nc(C)n(c23)C1. The molecule has 6 aromatic rings. The second-order valence-electron chi connectivity index (χ2n) is 12.5. The molecule has 16 heteroatoms. The number of likely N-dealkylation sites (N-methyl/N-ethyl adjacent to an activating group) is 1. The predicted octanol–water partition coefficient (Wildman–Crippen LogP) is 3.76. The van der Waals surface area contributed by atoms with Crippen molar-refractivity contribution in [3.05, 3.63) is 88.5 Å². The number of ether oxygens (including phenoxy) is 2. The molecule has 256 valence electrons. The van der Waals surface area contributed by atoms with E-state index >= 15 is 0 Å². The molecule has 3 atom stereocenters. The Labute approximate surface area is 281 Å². The maximum atomic E-state index is 14.9. The molecular weight excluding hydrogens is 655 g/mol. The van der Waals surface area contributed by atoms with Gasteiger partial charge in [0.25, 0.3) is 0 Å². The number of amides is 1. The van der Waals surface area contributed by atoms with Gasteiger partial charge in [0.05, 0.1) is 47.5 Å². The zero-order valence-electron chi connectivity index (χ0n) is 27.1. The molecule has 1 fully saturated rings. The third-order valence-corrected chi connectivity index (χ3v) is 9.26. The van der Waals surface area contributed by atoms with Crippen molar-refractivity contribution in [3.8, 4) is 22.8 Å². The van der Waals surface area contributed by atoms with E-state index < -0.39 is 41.4 Å². The molecule has 0 spiro atoms. The number of halogens is 3. The normalized spacial score (nSPS) is 19.6. The highest BCUT2D eigenvalue weighted by Gasteiger charge is 2.42. The first-order valence-electron chi connectivity index (χ1n) is 15.9. The Morgan fingerprint density at radius 1 is 0.980 bits per heavy atom. The number of methoxy groups -OCH3 is 1. The van der Waals surface area contributed by atoms with Crippen LogP contribution in [-0.2, 0) is 16.1 Å².